The van der Waals surface area contributed by atoms with E-state index in [4.69, 9.17) is 10.6 Å². The third-order valence-corrected chi connectivity index (χ3v) is 20.7. The molecule has 0 aliphatic carbocycles. The van der Waals surface area contributed by atoms with E-state index in [-0.39, 0.29) is 52.4 Å². The van der Waals surface area contributed by atoms with Gasteiger partial charge in [-0.15, -0.1) is 94.2 Å². The Kier molecular flexibility index (Phi) is 45.7. The van der Waals surface area contributed by atoms with Crippen LogP contribution in [0.2, 0.25) is 0 Å². The Morgan fingerprint density at radius 1 is 0.213 bits per heavy atom. The van der Waals surface area contributed by atoms with Gasteiger partial charge in [-0.3, -0.25) is 0 Å². The first-order valence-corrected chi connectivity index (χ1v) is 37.8. The van der Waals surface area contributed by atoms with E-state index in [1.807, 2.05) is 72.8 Å². The van der Waals surface area contributed by atoms with Crippen LogP contribution < -0.4 is 21.3 Å². The van der Waals surface area contributed by atoms with Crippen LogP contribution in [0.25, 0.3) is 10.6 Å². The van der Waals surface area contributed by atoms with E-state index in [0.29, 0.717) is 0 Å². The molecule has 10 rings (SSSR count). The first kappa shape index (κ1) is 98.3. The monoisotopic (exact) mass is 1600 g/mol. The van der Waals surface area contributed by atoms with Crippen molar-refractivity contribution >= 4 is 22.7 Å². The molecule has 0 bridgehead atoms. The molecule has 0 atom stereocenters. The van der Waals surface area contributed by atoms with Crippen molar-refractivity contribution in [2.75, 3.05) is 63.0 Å². The normalized spacial score (nSPS) is 10.0. The van der Waals surface area contributed by atoms with Gasteiger partial charge in [-0.1, -0.05) is 100 Å². The Bertz CT molecular complexity index is 3550. The molecular weight excluding hydrogens is 1470 g/mol. The summed E-state index contributed by atoms with van der Waals surface area (Å²) in [6, 6.07) is 48.7. The zero-order valence-electron chi connectivity index (χ0n) is 71.7. The second-order valence-electron chi connectivity index (χ2n) is 29.0. The van der Waals surface area contributed by atoms with E-state index in [1.54, 1.807) is 0 Å². The Morgan fingerprint density at radius 2 is 0.380 bits per heavy atom. The van der Waals surface area contributed by atoms with Gasteiger partial charge >= 0.3 is 52.4 Å². The third-order valence-electron chi connectivity index (χ3n) is 20.7. The minimum absolute atomic E-state index is 0. The van der Waals surface area contributed by atoms with E-state index >= 15 is 0 Å². The molecule has 0 unspecified atom stereocenters. The summed E-state index contributed by atoms with van der Waals surface area (Å²) in [5, 5.41) is 24.2. The maximum atomic E-state index is 4.89. The maximum absolute atomic E-state index is 4.89. The molecule has 10 aromatic carbocycles. The summed E-state index contributed by atoms with van der Waals surface area (Å²) in [4.78, 5) is 0. The molecule has 0 aromatic heterocycles. The van der Waals surface area contributed by atoms with E-state index in [9.17, 15) is 0 Å². The molecule has 572 valence electrons. The quantitative estimate of drug-likeness (QED) is 0.0574. The van der Waals surface area contributed by atoms with Gasteiger partial charge in [-0.2, -0.15) is 148 Å². The minimum Gasteiger partial charge on any atom is -0.683 e. The van der Waals surface area contributed by atoms with Crippen LogP contribution in [0.5, 0.6) is 0 Å². The van der Waals surface area contributed by atoms with Crippen LogP contribution in [0.1, 0.15) is 178 Å². The van der Waals surface area contributed by atoms with Gasteiger partial charge in [0.05, 0.1) is 0 Å². The van der Waals surface area contributed by atoms with Crippen molar-refractivity contribution in [3.05, 3.63) is 376 Å². The Labute approximate surface area is 698 Å². The summed E-state index contributed by atoms with van der Waals surface area (Å²) < 4.78 is 0. The maximum Gasteiger partial charge on any atom is 4.00 e. The fourth-order valence-electron chi connectivity index (χ4n) is 12.5. The van der Waals surface area contributed by atoms with Crippen LogP contribution in [-0.4, -0.2) is 52.4 Å². The van der Waals surface area contributed by atoms with E-state index in [2.05, 4.69) is 316 Å². The number of hydrogen-bond acceptors (Lipinski definition) is 4. The van der Waals surface area contributed by atoms with Gasteiger partial charge in [-0.05, 0) is 241 Å². The molecule has 108 heavy (non-hydrogen) atoms. The second kappa shape index (κ2) is 50.2. The fourth-order valence-corrected chi connectivity index (χ4v) is 12.5. The number of nitrogens with zero attached hydrogens (tertiary/aromatic N) is 2. The molecule has 4 N–H and O–H groups in total. The molecule has 0 aliphatic heterocycles. The summed E-state index contributed by atoms with van der Waals surface area (Å²) in [6.07, 6.45) is 0. The van der Waals surface area contributed by atoms with Gasteiger partial charge in [0, 0.05) is 37.6 Å². The van der Waals surface area contributed by atoms with E-state index in [0.717, 1.165) is 85.7 Å². The average Bonchev–Trinajstić information content (AvgIpc) is 0.820. The second-order valence-corrected chi connectivity index (χ2v) is 29.0. The summed E-state index contributed by atoms with van der Waals surface area (Å²) in [5.41, 5.74) is 46.6. The fraction of sp³-hybridized carbons (Fsp3) is 0.340. The van der Waals surface area contributed by atoms with Crippen LogP contribution in [0.3, 0.4) is 0 Å². The number of rotatable bonds is 16. The predicted octanol–water partition coefficient (Wildman–Crippen LogP) is 26.0. The van der Waals surface area contributed by atoms with Gasteiger partial charge in [0.2, 0.25) is 0 Å². The van der Waals surface area contributed by atoms with Crippen LogP contribution in [0, 0.1) is 222 Å². The van der Waals surface area contributed by atoms with Crippen LogP contribution in [0.4, 0.5) is 22.7 Å². The molecule has 0 heterocycles. The van der Waals surface area contributed by atoms with Gasteiger partial charge in [0.15, 0.2) is 0 Å². The predicted molar refractivity (Wildman–Crippen MR) is 473 cm³/mol. The van der Waals surface area contributed by atoms with Crippen LogP contribution in [-0.2, 0) is 52.4 Å². The van der Waals surface area contributed by atoms with Gasteiger partial charge in [-0.25, -0.2) is 0 Å². The van der Waals surface area contributed by atoms with Crippen molar-refractivity contribution in [3.63, 3.8) is 0 Å². The van der Waals surface area contributed by atoms with Gasteiger partial charge < -0.3 is 31.9 Å². The third kappa shape index (κ3) is 32.9. The largest absolute Gasteiger partial charge is 4.00 e. The number of aryl methyl sites for hydroxylation is 6. The average molecular weight is 1600 g/mol. The van der Waals surface area contributed by atoms with Gasteiger partial charge in [0.25, 0.3) is 0 Å². The molecule has 8 heteroatoms. The van der Waals surface area contributed by atoms with E-state index in [1.165, 1.54) is 167 Å². The van der Waals surface area contributed by atoms with Crippen molar-refractivity contribution < 1.29 is 52.4 Å². The Hall–Kier alpha value is -7.69. The van der Waals surface area contributed by atoms with Crippen molar-refractivity contribution in [2.24, 2.45) is 0 Å². The van der Waals surface area contributed by atoms with Crippen molar-refractivity contribution in [3.8, 4) is 0 Å². The van der Waals surface area contributed by atoms with Crippen molar-refractivity contribution in [1.29, 1.82) is 0 Å². The summed E-state index contributed by atoms with van der Waals surface area (Å²) >= 11 is 0. The number of benzene rings is 10. The topological polar surface area (TPSA) is 76.3 Å². The smallest absolute Gasteiger partial charge is 0.683 e. The van der Waals surface area contributed by atoms with Crippen molar-refractivity contribution in [2.45, 2.75) is 180 Å². The first-order chi connectivity index (χ1) is 49.9. The molecule has 0 spiro atoms. The van der Waals surface area contributed by atoms with Gasteiger partial charge in [0.1, 0.15) is 0 Å². The number of hydrogen-bond donors (Lipinski definition) is 4. The molecule has 0 aliphatic rings. The number of nitrogens with one attached hydrogen (secondary N) is 4. The Morgan fingerprint density at radius 3 is 0.546 bits per heavy atom. The SMILES string of the molecule is Cc1c(C)c(C)c(NCCNCCNc2c(C)c(C)c(C)c(C)c2C)c(C)c1C.Cc1c(C)c(C)c([N-]CCNCC[N-]c2c(C)c(C)c(C)c(C)c2C)c(C)c1C.[CH2-]c1cccc(C)c1.[CH2-]c1cccc(C)c1.[CH2-]c1cccc(C)c1.[CH2-]c1cccc(C)c1.[CH2-]c1cccc(C)c1.[CH2-]c1cccc(C)c1.[Zr+4].[Zr+4]. The molecule has 0 amide bonds. The van der Waals surface area contributed by atoms with Crippen molar-refractivity contribution in [1.82, 2.24) is 10.6 Å². The zero-order chi connectivity index (χ0) is 79.7. The zero-order valence-corrected chi connectivity index (χ0v) is 76.6. The standard InChI is InChI=1S/C26H41N3.C26H39N3.6C8H9.2Zr/c2*1-15-17(3)21(7)25(22(8)18(15)4)28-13-11-27-12-14-29-26-23(9)19(5)16(2)20(6)24(26)10;6*1-7-4-3-5-8(2)6-7;;/h27-29H,11-14H2,1-10H3;27H,11-14H2,1-10H3;6*3-6H,1H2,2H3;;/q;-2;6*-1;2*+4. The number of anilines is 2. The first-order valence-electron chi connectivity index (χ1n) is 37.8. The molecule has 6 nitrogen and oxygen atoms in total. The minimum atomic E-state index is 0. The molecule has 10 aromatic rings. The molecule has 0 saturated heterocycles. The summed E-state index contributed by atoms with van der Waals surface area (Å²) in [5.74, 6) is 0. The Balaban J connectivity index is 0.000000669. The molecular formula is C100H134N6Zr2. The molecule has 0 saturated carbocycles. The molecule has 0 radical (unpaired) electrons. The summed E-state index contributed by atoms with van der Waals surface area (Å²) in [7, 11) is 0. The summed E-state index contributed by atoms with van der Waals surface area (Å²) in [6.45, 7) is 86.5. The van der Waals surface area contributed by atoms with Crippen LogP contribution >= 0.6 is 0 Å². The van der Waals surface area contributed by atoms with E-state index < -0.39 is 0 Å². The van der Waals surface area contributed by atoms with Crippen LogP contribution in [0.15, 0.2) is 146 Å². The molecule has 0 fully saturated rings.